The van der Waals surface area contributed by atoms with E-state index < -0.39 is 24.0 Å². The highest BCUT2D eigenvalue weighted by Gasteiger charge is 1.95. The average molecular weight is 441 g/mol. The molecule has 0 aliphatic carbocycles. The molecular weight excluding hydrogens is 396 g/mol. The molecule has 0 heterocycles. The zero-order valence-electron chi connectivity index (χ0n) is 18.9. The van der Waals surface area contributed by atoms with Gasteiger partial charge in [-0.05, 0) is 12.8 Å². The van der Waals surface area contributed by atoms with Gasteiger partial charge in [0.2, 0.25) is 0 Å². The Bertz CT molecular complexity index is 341. The van der Waals surface area contributed by atoms with Crippen molar-refractivity contribution in [2.75, 3.05) is 13.2 Å². The number of unbranched alkanes of at least 4 members (excludes halogenated alkanes) is 8. The number of aliphatic hydroxyl groups is 3. The predicted octanol–water partition coefficient (Wildman–Crippen LogP) is 3.29. The maximum atomic E-state index is 10.0. The number of aliphatic carboxylic acids is 3. The molecule has 0 fully saturated rings. The Balaban J connectivity index is -0.000000159. The van der Waals surface area contributed by atoms with Crippen LogP contribution in [0.4, 0.5) is 0 Å². The van der Waals surface area contributed by atoms with Crippen LogP contribution in [0.5, 0.6) is 0 Å². The van der Waals surface area contributed by atoms with E-state index in [0.717, 1.165) is 32.6 Å². The molecule has 0 aliphatic rings. The smallest absolute Gasteiger partial charge is 0.303 e. The zero-order chi connectivity index (χ0) is 24.2. The number of carboxylic acid groups (broad SMARTS) is 3. The Hall–Kier alpha value is -1.71. The number of rotatable bonds is 14. The lowest BCUT2D eigenvalue weighted by Gasteiger charge is -1.96. The van der Waals surface area contributed by atoms with E-state index in [9.17, 15) is 9.59 Å². The van der Waals surface area contributed by atoms with Crippen LogP contribution in [0.25, 0.3) is 0 Å². The van der Waals surface area contributed by atoms with Crippen LogP contribution in [-0.2, 0) is 14.4 Å². The van der Waals surface area contributed by atoms with Crippen molar-refractivity contribution in [2.45, 2.75) is 104 Å². The Morgan fingerprint density at radius 3 is 1.07 bits per heavy atom. The molecule has 30 heavy (non-hydrogen) atoms. The molecule has 0 aromatic rings. The molecule has 0 rings (SSSR count). The van der Waals surface area contributed by atoms with Gasteiger partial charge in [-0.2, -0.15) is 0 Å². The second-order valence-electron chi connectivity index (χ2n) is 6.65. The summed E-state index contributed by atoms with van der Waals surface area (Å²) in [7, 11) is 0. The first-order chi connectivity index (χ1) is 14.1. The van der Waals surface area contributed by atoms with Crippen molar-refractivity contribution in [3.8, 4) is 0 Å². The van der Waals surface area contributed by atoms with Crippen LogP contribution in [0, 0.1) is 0 Å². The quantitative estimate of drug-likeness (QED) is 0.222. The minimum atomic E-state index is -0.954. The molecule has 0 amide bonds. The van der Waals surface area contributed by atoms with Crippen LogP contribution in [-0.4, -0.2) is 67.9 Å². The topological polar surface area (TPSA) is 173 Å². The first kappa shape index (κ1) is 35.7. The Morgan fingerprint density at radius 2 is 0.900 bits per heavy atom. The second-order valence-corrected chi connectivity index (χ2v) is 6.65. The molecule has 0 radical (unpaired) electrons. The molecule has 6 N–H and O–H groups in total. The van der Waals surface area contributed by atoms with E-state index in [-0.39, 0.29) is 13.2 Å². The molecule has 0 bridgehead atoms. The minimum absolute atomic E-state index is 0.337. The highest BCUT2D eigenvalue weighted by atomic mass is 16.4. The SMILES string of the molecule is CC(=O)O.CCCCCCCC(=O)O.CCCCCCCC(=O)O.OCC(O)CO. The minimum Gasteiger partial charge on any atom is -0.481 e. The van der Waals surface area contributed by atoms with Gasteiger partial charge < -0.3 is 30.6 Å². The first-order valence-electron chi connectivity index (χ1n) is 10.6. The summed E-state index contributed by atoms with van der Waals surface area (Å²) >= 11 is 0. The standard InChI is InChI=1S/2C8H16O2.C3H8O3.C2H4O2/c2*1-2-3-4-5-6-7-8(9)10;4-1-3(6)2-5;1-2(3)4/h2*2-7H2,1H3,(H,9,10);3-6H,1-2H2;1H3,(H,3,4). The van der Waals surface area contributed by atoms with E-state index in [1.165, 1.54) is 38.5 Å². The van der Waals surface area contributed by atoms with Gasteiger partial charge in [-0.25, -0.2) is 0 Å². The zero-order valence-corrected chi connectivity index (χ0v) is 18.9. The lowest BCUT2D eigenvalue weighted by molar-refractivity contribution is -0.138. The molecule has 0 spiro atoms. The monoisotopic (exact) mass is 440 g/mol. The van der Waals surface area contributed by atoms with Gasteiger partial charge in [0.1, 0.15) is 6.10 Å². The first-order valence-corrected chi connectivity index (χ1v) is 10.6. The normalized spacial score (nSPS) is 9.30. The van der Waals surface area contributed by atoms with Crippen molar-refractivity contribution < 1.29 is 45.0 Å². The van der Waals surface area contributed by atoms with Gasteiger partial charge in [0.15, 0.2) is 0 Å². The molecular formula is C21H44O9. The summed E-state index contributed by atoms with van der Waals surface area (Å²) in [5, 5.41) is 48.0. The highest BCUT2D eigenvalue weighted by Crippen LogP contribution is 2.04. The van der Waals surface area contributed by atoms with E-state index in [0.29, 0.717) is 12.8 Å². The number of carbonyl (C=O) groups is 3. The highest BCUT2D eigenvalue weighted by molar-refractivity contribution is 5.66. The third-order valence-corrected chi connectivity index (χ3v) is 3.41. The molecule has 0 atom stereocenters. The third kappa shape index (κ3) is 63.4. The summed E-state index contributed by atoms with van der Waals surface area (Å²) < 4.78 is 0. The number of hydrogen-bond donors (Lipinski definition) is 6. The molecule has 0 aliphatic heterocycles. The van der Waals surface area contributed by atoms with Gasteiger partial charge >= 0.3 is 11.9 Å². The van der Waals surface area contributed by atoms with Gasteiger partial charge in [0, 0.05) is 19.8 Å². The molecule has 9 nitrogen and oxygen atoms in total. The molecule has 0 unspecified atom stereocenters. The maximum Gasteiger partial charge on any atom is 0.303 e. The van der Waals surface area contributed by atoms with Crippen molar-refractivity contribution >= 4 is 17.9 Å². The summed E-state index contributed by atoms with van der Waals surface area (Å²) in [5.74, 6) is -2.17. The predicted molar refractivity (Wildman–Crippen MR) is 116 cm³/mol. The van der Waals surface area contributed by atoms with Crippen LogP contribution in [0.15, 0.2) is 0 Å². The van der Waals surface area contributed by atoms with Crippen LogP contribution < -0.4 is 0 Å². The van der Waals surface area contributed by atoms with Crippen molar-refractivity contribution in [3.05, 3.63) is 0 Å². The van der Waals surface area contributed by atoms with E-state index in [2.05, 4.69) is 13.8 Å². The Labute approximate surface area is 180 Å². The van der Waals surface area contributed by atoms with E-state index in [4.69, 9.17) is 35.4 Å². The van der Waals surface area contributed by atoms with Crippen LogP contribution in [0.3, 0.4) is 0 Å². The van der Waals surface area contributed by atoms with Gasteiger partial charge in [-0.1, -0.05) is 65.2 Å². The van der Waals surface area contributed by atoms with Crippen LogP contribution >= 0.6 is 0 Å². The molecule has 0 saturated carbocycles. The fourth-order valence-corrected chi connectivity index (χ4v) is 1.82. The van der Waals surface area contributed by atoms with Gasteiger partial charge in [-0.15, -0.1) is 0 Å². The lowest BCUT2D eigenvalue weighted by atomic mass is 10.1. The number of aliphatic hydroxyl groups excluding tert-OH is 3. The summed E-state index contributed by atoms with van der Waals surface area (Å²) in [4.78, 5) is 29.1. The molecule has 9 heteroatoms. The summed E-state index contributed by atoms with van der Waals surface area (Å²) in [6.07, 6.45) is 10.8. The van der Waals surface area contributed by atoms with Crippen LogP contribution in [0.1, 0.15) is 97.8 Å². The summed E-state index contributed by atoms with van der Waals surface area (Å²) in [6, 6.07) is 0. The maximum absolute atomic E-state index is 10.0. The lowest BCUT2D eigenvalue weighted by Crippen LogP contribution is -2.15. The molecule has 0 aromatic carbocycles. The number of hydrogen-bond acceptors (Lipinski definition) is 6. The van der Waals surface area contributed by atoms with Crippen molar-refractivity contribution in [1.82, 2.24) is 0 Å². The number of carboxylic acids is 3. The third-order valence-electron chi connectivity index (χ3n) is 3.41. The Morgan fingerprint density at radius 1 is 0.633 bits per heavy atom. The Kier molecular flexibility index (Phi) is 38.1. The van der Waals surface area contributed by atoms with Gasteiger partial charge in [0.05, 0.1) is 13.2 Å². The summed E-state index contributed by atoms with van der Waals surface area (Å²) in [6.45, 7) is 4.65. The van der Waals surface area contributed by atoms with Crippen molar-refractivity contribution in [3.63, 3.8) is 0 Å². The van der Waals surface area contributed by atoms with E-state index >= 15 is 0 Å². The summed E-state index contributed by atoms with van der Waals surface area (Å²) in [5.41, 5.74) is 0. The average Bonchev–Trinajstić information content (AvgIpc) is 2.67. The fraction of sp³-hybridized carbons (Fsp3) is 0.857. The van der Waals surface area contributed by atoms with Crippen molar-refractivity contribution in [2.24, 2.45) is 0 Å². The second kappa shape index (κ2) is 32.0. The van der Waals surface area contributed by atoms with Crippen LogP contribution in [0.2, 0.25) is 0 Å². The largest absolute Gasteiger partial charge is 0.481 e. The molecule has 0 saturated heterocycles. The van der Waals surface area contributed by atoms with Crippen molar-refractivity contribution in [1.29, 1.82) is 0 Å². The van der Waals surface area contributed by atoms with Gasteiger partial charge in [-0.3, -0.25) is 14.4 Å². The van der Waals surface area contributed by atoms with E-state index in [1.807, 2.05) is 0 Å². The van der Waals surface area contributed by atoms with E-state index in [1.54, 1.807) is 0 Å². The fourth-order valence-electron chi connectivity index (χ4n) is 1.82. The molecule has 0 aromatic heterocycles. The molecule has 182 valence electrons. The van der Waals surface area contributed by atoms with Gasteiger partial charge in [0.25, 0.3) is 5.97 Å².